The normalized spacial score (nSPS) is 19.1. The first-order chi connectivity index (χ1) is 6.29. The van der Waals surface area contributed by atoms with Crippen molar-refractivity contribution >= 4 is 7.82 Å². The Labute approximate surface area is 73.3 Å². The maximum absolute atomic E-state index is 10.9. The smallest absolute Gasteiger partial charge is 0.327 e. The van der Waals surface area contributed by atoms with E-state index in [9.17, 15) is 4.57 Å². The second-order valence-corrected chi connectivity index (χ2v) is 3.48. The van der Waals surface area contributed by atoms with E-state index in [1.54, 1.807) is 30.3 Å². The van der Waals surface area contributed by atoms with Crippen LogP contribution in [0.5, 0.6) is 5.75 Å². The molecule has 2 rings (SSSR count). The van der Waals surface area contributed by atoms with Crippen molar-refractivity contribution < 1.29 is 28.5 Å². The van der Waals surface area contributed by atoms with Crippen LogP contribution in [0.2, 0.25) is 0 Å². The number of phosphoric acid groups is 1. The van der Waals surface area contributed by atoms with Gasteiger partial charge in [0.2, 0.25) is 0 Å². The molecule has 1 aliphatic heterocycles. The van der Waals surface area contributed by atoms with Crippen molar-refractivity contribution in [2.45, 2.75) is 0 Å². The van der Waals surface area contributed by atoms with E-state index in [-0.39, 0.29) is 0 Å². The van der Waals surface area contributed by atoms with Gasteiger partial charge in [-0.2, -0.15) is 0 Å². The minimum absolute atomic E-state index is 0.386. The molecule has 0 amide bonds. The fourth-order valence-electron chi connectivity index (χ4n) is 0.670. The summed E-state index contributed by atoms with van der Waals surface area (Å²) in [6, 6.07) is 8.50. The maximum Gasteiger partial charge on any atom is 0.570 e. The maximum atomic E-state index is 10.9. The summed E-state index contributed by atoms with van der Waals surface area (Å²) in [7, 11) is -3.60. The van der Waals surface area contributed by atoms with Gasteiger partial charge in [0.25, 0.3) is 0 Å². The van der Waals surface area contributed by atoms with Crippen molar-refractivity contribution in [3.05, 3.63) is 30.3 Å². The summed E-state index contributed by atoms with van der Waals surface area (Å²) < 4.78 is 23.3. The Morgan fingerprint density at radius 1 is 1.15 bits per heavy atom. The number of benzene rings is 1. The molecular weight excluding hydrogens is 199 g/mol. The molecule has 1 fully saturated rings. The van der Waals surface area contributed by atoms with Gasteiger partial charge >= 0.3 is 7.82 Å². The summed E-state index contributed by atoms with van der Waals surface area (Å²) in [6.07, 6.45) is 0. The summed E-state index contributed by atoms with van der Waals surface area (Å²) in [5.41, 5.74) is 0. The molecule has 6 nitrogen and oxygen atoms in total. The Kier molecular flexibility index (Phi) is 2.30. The van der Waals surface area contributed by atoms with Gasteiger partial charge in [-0.25, -0.2) is 4.57 Å². The van der Waals surface area contributed by atoms with Crippen LogP contribution in [0.4, 0.5) is 0 Å². The second kappa shape index (κ2) is 3.45. The summed E-state index contributed by atoms with van der Waals surface area (Å²) in [5.74, 6) is 0.386. The minimum atomic E-state index is -3.60. The van der Waals surface area contributed by atoms with E-state index in [2.05, 4.69) is 23.9 Å². The predicted molar refractivity (Wildman–Crippen MR) is 39.0 cm³/mol. The molecule has 1 saturated heterocycles. The largest absolute Gasteiger partial charge is 0.570 e. The van der Waals surface area contributed by atoms with Crippen molar-refractivity contribution in [1.29, 1.82) is 0 Å². The van der Waals surface area contributed by atoms with E-state index >= 15 is 0 Å². The molecule has 1 heterocycles. The highest BCUT2D eigenvalue weighted by atomic mass is 31.2. The summed E-state index contributed by atoms with van der Waals surface area (Å²) >= 11 is 0. The van der Waals surface area contributed by atoms with Gasteiger partial charge in [-0.15, -0.1) is 0 Å². The third-order valence-corrected chi connectivity index (χ3v) is 1.96. The first-order valence-corrected chi connectivity index (χ1v) is 4.81. The highest BCUT2D eigenvalue weighted by molar-refractivity contribution is 7.48. The molecule has 0 bridgehead atoms. The zero-order chi connectivity index (χ0) is 9.15. The lowest BCUT2D eigenvalue weighted by molar-refractivity contribution is -0.508. The Morgan fingerprint density at radius 2 is 1.85 bits per heavy atom. The first kappa shape index (κ1) is 8.68. The van der Waals surface area contributed by atoms with Gasteiger partial charge in [0.1, 0.15) is 0 Å². The molecule has 0 aliphatic carbocycles. The molecule has 0 atom stereocenters. The van der Waals surface area contributed by atoms with E-state index in [1.807, 2.05) is 0 Å². The third-order valence-electron chi connectivity index (χ3n) is 1.21. The van der Waals surface area contributed by atoms with Gasteiger partial charge in [0, 0.05) is 0 Å². The van der Waals surface area contributed by atoms with Crippen LogP contribution in [-0.4, -0.2) is 0 Å². The Bertz CT molecular complexity index is 317. The quantitative estimate of drug-likeness (QED) is 0.426. The molecule has 0 spiro atoms. The topological polar surface area (TPSA) is 63.2 Å². The van der Waals surface area contributed by atoms with Crippen LogP contribution < -0.4 is 4.89 Å². The molecule has 1 aromatic carbocycles. The number of hydrogen-bond donors (Lipinski definition) is 0. The van der Waals surface area contributed by atoms with Crippen LogP contribution in [0, 0.1) is 0 Å². The molecule has 7 heteroatoms. The van der Waals surface area contributed by atoms with Gasteiger partial charge in [0.05, 0.1) is 0 Å². The van der Waals surface area contributed by atoms with E-state index < -0.39 is 7.82 Å². The molecule has 0 N–H and O–H groups in total. The first-order valence-electron chi connectivity index (χ1n) is 3.35. The van der Waals surface area contributed by atoms with Gasteiger partial charge < -0.3 is 4.89 Å². The van der Waals surface area contributed by atoms with Crippen molar-refractivity contribution in [2.24, 2.45) is 0 Å². The highest BCUT2D eigenvalue weighted by Crippen LogP contribution is 2.57. The zero-order valence-corrected chi connectivity index (χ0v) is 7.18. The van der Waals surface area contributed by atoms with Gasteiger partial charge in [-0.1, -0.05) is 32.2 Å². The van der Waals surface area contributed by atoms with Crippen LogP contribution in [-0.2, 0) is 23.6 Å². The molecule has 0 saturated carbocycles. The number of rotatable bonds is 3. The Morgan fingerprint density at radius 3 is 2.38 bits per heavy atom. The van der Waals surface area contributed by atoms with E-state index in [4.69, 9.17) is 0 Å². The van der Waals surface area contributed by atoms with Gasteiger partial charge in [-0.3, -0.25) is 0 Å². The van der Waals surface area contributed by atoms with Crippen molar-refractivity contribution in [1.82, 2.24) is 0 Å². The monoisotopic (exact) mass is 204 g/mol. The van der Waals surface area contributed by atoms with Crippen LogP contribution >= 0.6 is 7.82 Å². The molecule has 13 heavy (non-hydrogen) atoms. The standard InChI is InChI=1S/C6H5O6P/c7-13(11-9-12-13)10-8-6-4-2-1-3-5-6/h1-5H. The van der Waals surface area contributed by atoms with Crippen LogP contribution in [0.15, 0.2) is 30.3 Å². The van der Waals surface area contributed by atoms with Crippen molar-refractivity contribution in [3.63, 3.8) is 0 Å². The minimum Gasteiger partial charge on any atom is -0.327 e. The molecular formula is C6H5O6P. The number of hydrogen-bond acceptors (Lipinski definition) is 6. The number of para-hydroxylation sites is 1. The molecule has 1 aromatic rings. The fourth-order valence-corrected chi connectivity index (χ4v) is 1.06. The zero-order valence-electron chi connectivity index (χ0n) is 6.28. The third kappa shape index (κ3) is 2.06. The lowest BCUT2D eigenvalue weighted by Crippen LogP contribution is -2.11. The van der Waals surface area contributed by atoms with E-state index in [0.29, 0.717) is 5.75 Å². The summed E-state index contributed by atoms with van der Waals surface area (Å²) in [4.78, 5) is 4.62. The molecule has 70 valence electrons. The second-order valence-electron chi connectivity index (χ2n) is 2.14. The predicted octanol–water partition coefficient (Wildman–Crippen LogP) is 2.00. The Hall–Kier alpha value is -0.910. The molecule has 1 aliphatic rings. The van der Waals surface area contributed by atoms with E-state index in [0.717, 1.165) is 0 Å². The highest BCUT2D eigenvalue weighted by Gasteiger charge is 2.43. The molecule has 0 unspecified atom stereocenters. The van der Waals surface area contributed by atoms with Crippen LogP contribution in [0.1, 0.15) is 0 Å². The average Bonchev–Trinajstić information content (AvgIpc) is 2.13. The van der Waals surface area contributed by atoms with Crippen molar-refractivity contribution in [2.75, 3.05) is 0 Å². The van der Waals surface area contributed by atoms with Gasteiger partial charge in [-0.05, 0) is 17.2 Å². The van der Waals surface area contributed by atoms with Crippen LogP contribution in [0.3, 0.4) is 0 Å². The fraction of sp³-hybridized carbons (Fsp3) is 0. The molecule has 0 aromatic heterocycles. The van der Waals surface area contributed by atoms with Gasteiger partial charge in [0.15, 0.2) is 5.75 Å². The summed E-state index contributed by atoms with van der Waals surface area (Å²) in [5, 5.41) is 3.76. The van der Waals surface area contributed by atoms with E-state index in [1.165, 1.54) is 0 Å². The Balaban J connectivity index is 1.90. The summed E-state index contributed by atoms with van der Waals surface area (Å²) in [6.45, 7) is 0. The van der Waals surface area contributed by atoms with Crippen molar-refractivity contribution in [3.8, 4) is 5.75 Å². The lowest BCUT2D eigenvalue weighted by atomic mass is 10.3. The van der Waals surface area contributed by atoms with Crippen LogP contribution in [0.25, 0.3) is 0 Å². The molecule has 0 radical (unpaired) electrons. The average molecular weight is 204 g/mol. The SMILES string of the molecule is O=P1(OOc2ccccc2)OOO1. The lowest BCUT2D eigenvalue weighted by Gasteiger charge is -2.18.